The minimum Gasteiger partial charge on any atom is -0.337 e. The SMILES string of the molecule is Cc1ccc([C@@H](NCC(=O)N[C@](C)(C#N)C(C)C)c2cccs2)cc1. The van der Waals surface area contributed by atoms with Crippen molar-refractivity contribution >= 4 is 17.2 Å². The predicted octanol–water partition coefficient (Wildman–Crippen LogP) is 3.79. The number of amides is 1. The molecule has 2 atom stereocenters. The van der Waals surface area contributed by atoms with E-state index in [2.05, 4.69) is 54.0 Å². The molecule has 0 bridgehead atoms. The second-order valence-electron chi connectivity index (χ2n) is 6.76. The average Bonchev–Trinajstić information content (AvgIpc) is 3.10. The molecule has 1 heterocycles. The highest BCUT2D eigenvalue weighted by Gasteiger charge is 2.30. The third-order valence-corrected chi connectivity index (χ3v) is 5.43. The number of benzene rings is 1. The van der Waals surface area contributed by atoms with Gasteiger partial charge in [-0.15, -0.1) is 11.3 Å². The number of rotatable bonds is 7. The van der Waals surface area contributed by atoms with Crippen LogP contribution in [0.1, 0.15) is 42.8 Å². The van der Waals surface area contributed by atoms with Gasteiger partial charge in [0.05, 0.1) is 18.7 Å². The van der Waals surface area contributed by atoms with Crippen LogP contribution in [0.2, 0.25) is 0 Å². The van der Waals surface area contributed by atoms with Gasteiger partial charge in [-0.05, 0) is 36.8 Å². The van der Waals surface area contributed by atoms with Gasteiger partial charge in [-0.3, -0.25) is 10.1 Å². The Balaban J connectivity index is 2.10. The normalized spacial score (nSPS) is 14.6. The molecular formula is C20H25N3OS. The zero-order valence-electron chi connectivity index (χ0n) is 15.2. The second kappa shape index (κ2) is 8.28. The summed E-state index contributed by atoms with van der Waals surface area (Å²) >= 11 is 1.66. The highest BCUT2D eigenvalue weighted by molar-refractivity contribution is 7.10. The van der Waals surface area contributed by atoms with Crippen LogP contribution in [-0.4, -0.2) is 18.0 Å². The monoisotopic (exact) mass is 355 g/mol. The van der Waals surface area contributed by atoms with Gasteiger partial charge in [0.2, 0.25) is 5.91 Å². The van der Waals surface area contributed by atoms with E-state index >= 15 is 0 Å². The fourth-order valence-corrected chi connectivity index (χ4v) is 3.25. The topological polar surface area (TPSA) is 64.9 Å². The Labute approximate surface area is 153 Å². The van der Waals surface area contributed by atoms with Crippen LogP contribution >= 0.6 is 11.3 Å². The van der Waals surface area contributed by atoms with E-state index in [1.165, 1.54) is 5.56 Å². The molecule has 1 aromatic heterocycles. The molecule has 4 nitrogen and oxygen atoms in total. The van der Waals surface area contributed by atoms with Crippen LogP contribution in [0.4, 0.5) is 0 Å². The van der Waals surface area contributed by atoms with E-state index in [9.17, 15) is 10.1 Å². The van der Waals surface area contributed by atoms with Gasteiger partial charge < -0.3 is 5.32 Å². The van der Waals surface area contributed by atoms with E-state index in [1.807, 2.05) is 25.3 Å². The fraction of sp³-hybridized carbons (Fsp3) is 0.400. The Morgan fingerprint density at radius 1 is 1.28 bits per heavy atom. The first-order valence-corrected chi connectivity index (χ1v) is 9.29. The summed E-state index contributed by atoms with van der Waals surface area (Å²) in [5.74, 6) is -0.141. The zero-order valence-corrected chi connectivity index (χ0v) is 16.0. The van der Waals surface area contributed by atoms with Crippen LogP contribution in [0.5, 0.6) is 0 Å². The smallest absolute Gasteiger partial charge is 0.235 e. The van der Waals surface area contributed by atoms with E-state index in [0.29, 0.717) is 0 Å². The molecule has 0 spiro atoms. The number of nitriles is 1. The Hall–Kier alpha value is -2.16. The van der Waals surface area contributed by atoms with E-state index in [1.54, 1.807) is 18.3 Å². The Bertz CT molecular complexity index is 731. The Morgan fingerprint density at radius 2 is 1.96 bits per heavy atom. The summed E-state index contributed by atoms with van der Waals surface area (Å²) in [6.07, 6.45) is 0. The highest BCUT2D eigenvalue weighted by atomic mass is 32.1. The molecule has 0 radical (unpaired) electrons. The molecule has 0 unspecified atom stereocenters. The molecule has 25 heavy (non-hydrogen) atoms. The lowest BCUT2D eigenvalue weighted by Gasteiger charge is -2.28. The van der Waals surface area contributed by atoms with Crippen molar-refractivity contribution in [3.63, 3.8) is 0 Å². The molecule has 0 aliphatic carbocycles. The molecule has 0 fully saturated rings. The fourth-order valence-electron chi connectivity index (χ4n) is 2.43. The lowest BCUT2D eigenvalue weighted by molar-refractivity contribution is -0.121. The van der Waals surface area contributed by atoms with Gasteiger partial charge in [0.25, 0.3) is 0 Å². The Kier molecular flexibility index (Phi) is 6.35. The van der Waals surface area contributed by atoms with Crippen LogP contribution in [0.25, 0.3) is 0 Å². The van der Waals surface area contributed by atoms with Gasteiger partial charge in [-0.1, -0.05) is 49.7 Å². The zero-order chi connectivity index (χ0) is 18.4. The molecule has 2 rings (SSSR count). The van der Waals surface area contributed by atoms with Crippen LogP contribution in [0, 0.1) is 24.2 Å². The van der Waals surface area contributed by atoms with Crippen molar-refractivity contribution in [1.29, 1.82) is 5.26 Å². The maximum atomic E-state index is 12.4. The summed E-state index contributed by atoms with van der Waals surface area (Å²) < 4.78 is 0. The van der Waals surface area contributed by atoms with Crippen molar-refractivity contribution in [2.24, 2.45) is 5.92 Å². The van der Waals surface area contributed by atoms with Gasteiger partial charge in [-0.25, -0.2) is 0 Å². The molecule has 0 aliphatic rings. The average molecular weight is 356 g/mol. The van der Waals surface area contributed by atoms with E-state index in [-0.39, 0.29) is 24.4 Å². The summed E-state index contributed by atoms with van der Waals surface area (Å²) in [5.41, 5.74) is 1.46. The van der Waals surface area contributed by atoms with E-state index in [0.717, 1.165) is 10.4 Å². The number of carbonyl (C=O) groups is 1. The van der Waals surface area contributed by atoms with Crippen molar-refractivity contribution in [2.45, 2.75) is 39.3 Å². The number of carbonyl (C=O) groups excluding carboxylic acids is 1. The van der Waals surface area contributed by atoms with Crippen molar-refractivity contribution in [2.75, 3.05) is 6.54 Å². The first-order valence-electron chi connectivity index (χ1n) is 8.41. The number of thiophene rings is 1. The first kappa shape index (κ1) is 19.2. The minimum absolute atomic E-state index is 0.0339. The number of aryl methyl sites for hydroxylation is 1. The van der Waals surface area contributed by atoms with Gasteiger partial charge in [0.1, 0.15) is 5.54 Å². The number of nitrogens with one attached hydrogen (secondary N) is 2. The van der Waals surface area contributed by atoms with Crippen molar-refractivity contribution in [1.82, 2.24) is 10.6 Å². The van der Waals surface area contributed by atoms with Crippen LogP contribution in [-0.2, 0) is 4.79 Å². The lowest BCUT2D eigenvalue weighted by atomic mass is 9.90. The molecule has 2 N–H and O–H groups in total. The third-order valence-electron chi connectivity index (χ3n) is 4.49. The van der Waals surface area contributed by atoms with Gasteiger partial charge >= 0.3 is 0 Å². The minimum atomic E-state index is -0.860. The lowest BCUT2D eigenvalue weighted by Crippen LogP contribution is -2.51. The molecular weight excluding hydrogens is 330 g/mol. The predicted molar refractivity (Wildman–Crippen MR) is 102 cm³/mol. The maximum absolute atomic E-state index is 12.4. The standard InChI is InChI=1S/C20H25N3OS/c1-14(2)20(4,13-21)23-18(24)12-22-19(17-6-5-11-25-17)16-9-7-15(3)8-10-16/h5-11,14,19,22H,12H2,1-4H3,(H,23,24)/t19-,20-/m1/s1. The quantitative estimate of drug-likeness (QED) is 0.794. The number of nitrogens with zero attached hydrogens (tertiary/aromatic N) is 1. The largest absolute Gasteiger partial charge is 0.337 e. The molecule has 1 aromatic carbocycles. The Morgan fingerprint density at radius 3 is 2.48 bits per heavy atom. The summed E-state index contributed by atoms with van der Waals surface area (Å²) in [6, 6.07) is 14.5. The molecule has 132 valence electrons. The van der Waals surface area contributed by atoms with E-state index < -0.39 is 5.54 Å². The van der Waals surface area contributed by atoms with Crippen LogP contribution in [0.3, 0.4) is 0 Å². The molecule has 2 aromatic rings. The van der Waals surface area contributed by atoms with Crippen LogP contribution < -0.4 is 10.6 Å². The van der Waals surface area contributed by atoms with Gasteiger partial charge in [0, 0.05) is 4.88 Å². The van der Waals surface area contributed by atoms with Crippen molar-refractivity contribution in [3.8, 4) is 6.07 Å². The molecule has 0 saturated carbocycles. The first-order chi connectivity index (χ1) is 11.9. The highest BCUT2D eigenvalue weighted by Crippen LogP contribution is 2.26. The summed E-state index contributed by atoms with van der Waals surface area (Å²) in [4.78, 5) is 13.5. The molecule has 0 saturated heterocycles. The summed E-state index contributed by atoms with van der Waals surface area (Å²) in [7, 11) is 0. The maximum Gasteiger partial charge on any atom is 0.235 e. The van der Waals surface area contributed by atoms with Gasteiger partial charge in [-0.2, -0.15) is 5.26 Å². The van der Waals surface area contributed by atoms with Crippen LogP contribution in [0.15, 0.2) is 41.8 Å². The molecule has 1 amide bonds. The van der Waals surface area contributed by atoms with Gasteiger partial charge in [0.15, 0.2) is 0 Å². The molecule has 5 heteroatoms. The summed E-state index contributed by atoms with van der Waals surface area (Å²) in [6.45, 7) is 7.82. The van der Waals surface area contributed by atoms with E-state index in [4.69, 9.17) is 0 Å². The second-order valence-corrected chi connectivity index (χ2v) is 7.74. The third kappa shape index (κ3) is 4.91. The number of hydrogen-bond donors (Lipinski definition) is 2. The summed E-state index contributed by atoms with van der Waals surface area (Å²) in [5, 5.41) is 17.6. The molecule has 0 aliphatic heterocycles. The van der Waals surface area contributed by atoms with Crippen molar-refractivity contribution < 1.29 is 4.79 Å². The number of hydrogen-bond acceptors (Lipinski definition) is 4. The van der Waals surface area contributed by atoms with Crippen molar-refractivity contribution in [3.05, 3.63) is 57.8 Å².